The molecule has 0 aromatic carbocycles. The molecule has 0 aromatic rings. The maximum absolute atomic E-state index is 12.1. The minimum absolute atomic E-state index is 0.101. The number of β-amino-alcohol motifs (C(OH)–C–C–N with tert-alkyl or cyclic N) is 1. The van der Waals surface area contributed by atoms with Crippen molar-refractivity contribution in [2.24, 2.45) is 0 Å². The Labute approximate surface area is 118 Å². The number of hydrogen-bond donors (Lipinski definition) is 3. The van der Waals surface area contributed by atoms with Crippen LogP contribution < -0.4 is 5.32 Å². The van der Waals surface area contributed by atoms with Crippen LogP contribution in [0.1, 0.15) is 6.42 Å². The average molecular weight is 289 g/mol. The van der Waals surface area contributed by atoms with Crippen molar-refractivity contribution in [1.29, 1.82) is 0 Å². The maximum Gasteiger partial charge on any atom is 0.328 e. The van der Waals surface area contributed by atoms with Crippen molar-refractivity contribution in [2.45, 2.75) is 24.6 Å². The number of carbonyl (C=O) groups excluding carboxylic acids is 1. The largest absolute Gasteiger partial charge is 0.480 e. The van der Waals surface area contributed by atoms with Crippen LogP contribution in [0.4, 0.5) is 4.79 Å². The molecule has 116 valence electrons. The number of methoxy groups -OCH3 is 1. The Morgan fingerprint density at radius 3 is 2.65 bits per heavy atom. The van der Waals surface area contributed by atoms with E-state index < -0.39 is 24.1 Å². The van der Waals surface area contributed by atoms with E-state index in [1.165, 1.54) is 12.0 Å². The Balaban J connectivity index is 2.66. The lowest BCUT2D eigenvalue weighted by Gasteiger charge is -2.28. The SMILES string of the molecule is COCC(NC(=O)N1CC(O)CC1CN(C)C)C(=O)O. The molecule has 0 aliphatic carbocycles. The minimum atomic E-state index is -1.15. The molecule has 0 bridgehead atoms. The summed E-state index contributed by atoms with van der Waals surface area (Å²) in [5, 5.41) is 21.1. The van der Waals surface area contributed by atoms with Crippen LogP contribution in [0.25, 0.3) is 0 Å². The van der Waals surface area contributed by atoms with Crippen molar-refractivity contribution in [2.75, 3.05) is 40.9 Å². The second-order valence-corrected chi connectivity index (χ2v) is 5.25. The van der Waals surface area contributed by atoms with Crippen molar-refractivity contribution < 1.29 is 24.5 Å². The number of likely N-dealkylation sites (N-methyl/N-ethyl adjacent to an activating group) is 1. The van der Waals surface area contributed by atoms with E-state index in [0.717, 1.165) is 0 Å². The van der Waals surface area contributed by atoms with E-state index in [2.05, 4.69) is 5.32 Å². The van der Waals surface area contributed by atoms with Gasteiger partial charge in [0.25, 0.3) is 0 Å². The lowest BCUT2D eigenvalue weighted by atomic mass is 10.2. The first-order valence-corrected chi connectivity index (χ1v) is 6.46. The monoisotopic (exact) mass is 289 g/mol. The van der Waals surface area contributed by atoms with E-state index in [0.29, 0.717) is 13.0 Å². The molecule has 0 radical (unpaired) electrons. The highest BCUT2D eigenvalue weighted by atomic mass is 16.5. The van der Waals surface area contributed by atoms with Gasteiger partial charge < -0.3 is 30.1 Å². The summed E-state index contributed by atoms with van der Waals surface area (Å²) in [5.41, 5.74) is 0. The molecule has 2 amide bonds. The third-order valence-electron chi connectivity index (χ3n) is 3.16. The Morgan fingerprint density at radius 1 is 1.50 bits per heavy atom. The van der Waals surface area contributed by atoms with E-state index in [1.807, 2.05) is 19.0 Å². The zero-order chi connectivity index (χ0) is 15.3. The predicted molar refractivity (Wildman–Crippen MR) is 71.5 cm³/mol. The number of carboxylic acids is 1. The van der Waals surface area contributed by atoms with Crippen LogP contribution in [-0.2, 0) is 9.53 Å². The number of ether oxygens (including phenoxy) is 1. The number of urea groups is 1. The van der Waals surface area contributed by atoms with Crippen molar-refractivity contribution in [3.05, 3.63) is 0 Å². The number of aliphatic hydroxyl groups excluding tert-OH is 1. The predicted octanol–water partition coefficient (Wildman–Crippen LogP) is -1.21. The fraction of sp³-hybridized carbons (Fsp3) is 0.833. The summed E-state index contributed by atoms with van der Waals surface area (Å²) in [6.45, 7) is 0.728. The van der Waals surface area contributed by atoms with Crippen LogP contribution >= 0.6 is 0 Å². The molecule has 8 heteroatoms. The van der Waals surface area contributed by atoms with Crippen LogP contribution in [0.15, 0.2) is 0 Å². The molecular formula is C12H23N3O5. The summed E-state index contributed by atoms with van der Waals surface area (Å²) in [4.78, 5) is 26.5. The number of rotatable bonds is 6. The third-order valence-corrected chi connectivity index (χ3v) is 3.16. The number of nitrogens with zero attached hydrogens (tertiary/aromatic N) is 2. The summed E-state index contributed by atoms with van der Waals surface area (Å²) in [5.74, 6) is -1.15. The lowest BCUT2D eigenvalue weighted by molar-refractivity contribution is -0.140. The first kappa shape index (κ1) is 16.7. The molecule has 1 heterocycles. The molecule has 3 N–H and O–H groups in total. The first-order chi connectivity index (χ1) is 9.35. The molecule has 1 aliphatic rings. The summed E-state index contributed by atoms with van der Waals surface area (Å²) in [7, 11) is 5.13. The van der Waals surface area contributed by atoms with E-state index in [9.17, 15) is 14.7 Å². The second-order valence-electron chi connectivity index (χ2n) is 5.25. The fourth-order valence-corrected chi connectivity index (χ4v) is 2.31. The van der Waals surface area contributed by atoms with E-state index >= 15 is 0 Å². The zero-order valence-electron chi connectivity index (χ0n) is 12.1. The topological polar surface area (TPSA) is 102 Å². The van der Waals surface area contributed by atoms with Crippen LogP contribution in [0.2, 0.25) is 0 Å². The Morgan fingerprint density at radius 2 is 2.15 bits per heavy atom. The highest BCUT2D eigenvalue weighted by Crippen LogP contribution is 2.18. The van der Waals surface area contributed by atoms with E-state index in [1.54, 1.807) is 0 Å². The molecule has 8 nitrogen and oxygen atoms in total. The lowest BCUT2D eigenvalue weighted by Crippen LogP contribution is -2.52. The van der Waals surface area contributed by atoms with Crippen LogP contribution in [0, 0.1) is 0 Å². The Hall–Kier alpha value is -1.38. The van der Waals surface area contributed by atoms with E-state index in [-0.39, 0.29) is 19.2 Å². The molecule has 0 aromatic heterocycles. The third kappa shape index (κ3) is 4.62. The molecule has 1 saturated heterocycles. The van der Waals surface area contributed by atoms with Crippen LogP contribution in [-0.4, -0.2) is 91.1 Å². The number of carbonyl (C=O) groups is 2. The Bertz CT molecular complexity index is 350. The number of carboxylic acid groups (broad SMARTS) is 1. The first-order valence-electron chi connectivity index (χ1n) is 6.46. The number of aliphatic carboxylic acids is 1. The average Bonchev–Trinajstić information content (AvgIpc) is 2.68. The van der Waals surface area contributed by atoms with Gasteiger partial charge in [0.1, 0.15) is 0 Å². The van der Waals surface area contributed by atoms with Gasteiger partial charge in [0.2, 0.25) is 0 Å². The number of amides is 2. The Kier molecular flexibility index (Phi) is 6.18. The van der Waals surface area contributed by atoms with Crippen LogP contribution in [0.5, 0.6) is 0 Å². The normalized spacial score (nSPS) is 23.9. The summed E-state index contributed by atoms with van der Waals surface area (Å²) >= 11 is 0. The number of hydrogen-bond acceptors (Lipinski definition) is 5. The summed E-state index contributed by atoms with van der Waals surface area (Å²) in [6.07, 6.45) is -0.0791. The number of likely N-dealkylation sites (tertiary alicyclic amines) is 1. The summed E-state index contributed by atoms with van der Waals surface area (Å²) in [6, 6.07) is -1.71. The standard InChI is InChI=1S/C12H23N3O5/c1-14(2)5-8-4-9(16)6-15(8)12(19)13-10(7-20-3)11(17)18/h8-10,16H,4-7H2,1-3H3,(H,13,19)(H,17,18). The minimum Gasteiger partial charge on any atom is -0.480 e. The maximum atomic E-state index is 12.1. The highest BCUT2D eigenvalue weighted by Gasteiger charge is 2.35. The van der Waals surface area contributed by atoms with Gasteiger partial charge in [0.15, 0.2) is 6.04 Å². The smallest absolute Gasteiger partial charge is 0.328 e. The van der Waals surface area contributed by atoms with Crippen molar-refractivity contribution in [1.82, 2.24) is 15.1 Å². The van der Waals surface area contributed by atoms with Gasteiger partial charge in [-0.2, -0.15) is 0 Å². The molecule has 0 spiro atoms. The highest BCUT2D eigenvalue weighted by molar-refractivity contribution is 5.83. The second kappa shape index (κ2) is 7.41. The van der Waals surface area contributed by atoms with Gasteiger partial charge >= 0.3 is 12.0 Å². The van der Waals surface area contributed by atoms with Crippen LogP contribution in [0.3, 0.4) is 0 Å². The molecule has 3 unspecified atom stereocenters. The molecule has 3 atom stereocenters. The van der Waals surface area contributed by atoms with E-state index in [4.69, 9.17) is 9.84 Å². The summed E-state index contributed by atoms with van der Waals surface area (Å²) < 4.78 is 4.77. The van der Waals surface area contributed by atoms with Crippen molar-refractivity contribution in [3.63, 3.8) is 0 Å². The number of aliphatic hydroxyl groups is 1. The quantitative estimate of drug-likeness (QED) is 0.567. The van der Waals surface area contributed by atoms with Gasteiger partial charge in [-0.3, -0.25) is 0 Å². The molecule has 1 rings (SSSR count). The van der Waals surface area contributed by atoms with Gasteiger partial charge in [0, 0.05) is 26.2 Å². The van der Waals surface area contributed by atoms with Gasteiger partial charge in [-0.25, -0.2) is 9.59 Å². The van der Waals surface area contributed by atoms with Crippen molar-refractivity contribution in [3.8, 4) is 0 Å². The van der Waals surface area contributed by atoms with Gasteiger partial charge in [0.05, 0.1) is 12.7 Å². The molecule has 20 heavy (non-hydrogen) atoms. The van der Waals surface area contributed by atoms with Crippen molar-refractivity contribution >= 4 is 12.0 Å². The van der Waals surface area contributed by atoms with Gasteiger partial charge in [-0.15, -0.1) is 0 Å². The molecular weight excluding hydrogens is 266 g/mol. The van der Waals surface area contributed by atoms with Gasteiger partial charge in [-0.1, -0.05) is 0 Å². The fourth-order valence-electron chi connectivity index (χ4n) is 2.31. The zero-order valence-corrected chi connectivity index (χ0v) is 12.1. The van der Waals surface area contributed by atoms with Gasteiger partial charge in [-0.05, 0) is 20.5 Å². The molecule has 1 aliphatic heterocycles. The molecule has 0 saturated carbocycles. The molecule has 1 fully saturated rings. The number of nitrogens with one attached hydrogen (secondary N) is 1.